The van der Waals surface area contributed by atoms with Gasteiger partial charge in [0.05, 0.1) is 13.5 Å². The summed E-state index contributed by atoms with van der Waals surface area (Å²) < 4.78 is 4.65. The zero-order valence-electron chi connectivity index (χ0n) is 10.8. The molecule has 1 unspecified atom stereocenters. The molecule has 0 bridgehead atoms. The maximum Gasteiger partial charge on any atom is 0.306 e. The highest BCUT2D eigenvalue weighted by molar-refractivity contribution is 8.00. The molecule has 1 atom stereocenters. The molecule has 0 aliphatic heterocycles. The van der Waals surface area contributed by atoms with Crippen molar-refractivity contribution in [3.05, 3.63) is 30.5 Å². The predicted octanol–water partition coefficient (Wildman–Crippen LogP) is 2.98. The van der Waals surface area contributed by atoms with Crippen molar-refractivity contribution < 1.29 is 14.6 Å². The number of methoxy groups -OCH3 is 1. The van der Waals surface area contributed by atoms with Gasteiger partial charge in [-0.1, -0.05) is 13.0 Å². The number of hydrogen-bond donors (Lipinski definition) is 1. The van der Waals surface area contributed by atoms with Crippen LogP contribution < -0.4 is 0 Å². The van der Waals surface area contributed by atoms with Crippen molar-refractivity contribution in [3.63, 3.8) is 0 Å². The number of thioether (sulfide) groups is 1. The van der Waals surface area contributed by atoms with E-state index in [1.54, 1.807) is 18.3 Å². The van der Waals surface area contributed by atoms with Crippen LogP contribution in [0.25, 0.3) is 10.8 Å². The van der Waals surface area contributed by atoms with Gasteiger partial charge in [0.25, 0.3) is 0 Å². The zero-order valence-corrected chi connectivity index (χ0v) is 11.6. The van der Waals surface area contributed by atoms with Gasteiger partial charge in [-0.3, -0.25) is 4.79 Å². The van der Waals surface area contributed by atoms with E-state index in [9.17, 15) is 9.90 Å². The third-order valence-corrected chi connectivity index (χ3v) is 3.83. The van der Waals surface area contributed by atoms with Gasteiger partial charge in [-0.15, -0.1) is 11.8 Å². The van der Waals surface area contributed by atoms with Crippen LogP contribution in [0.2, 0.25) is 0 Å². The molecule has 1 aromatic carbocycles. The van der Waals surface area contributed by atoms with Gasteiger partial charge in [-0.05, 0) is 23.6 Å². The number of fused-ring (bicyclic) bond motifs is 1. The molecule has 0 radical (unpaired) electrons. The molecule has 0 saturated carbocycles. The van der Waals surface area contributed by atoms with Gasteiger partial charge in [-0.2, -0.15) is 0 Å². The fourth-order valence-electron chi connectivity index (χ4n) is 1.77. The molecular weight excluding hydrogens is 262 g/mol. The Labute approximate surface area is 115 Å². The first-order chi connectivity index (χ1) is 9.10. The summed E-state index contributed by atoms with van der Waals surface area (Å²) in [5.74, 6) is -0.0222. The van der Waals surface area contributed by atoms with Crippen LogP contribution >= 0.6 is 11.8 Å². The summed E-state index contributed by atoms with van der Waals surface area (Å²) in [5.41, 5.74) is 0. The number of ether oxygens (including phenoxy) is 1. The van der Waals surface area contributed by atoms with Crippen molar-refractivity contribution in [2.75, 3.05) is 7.11 Å². The summed E-state index contributed by atoms with van der Waals surface area (Å²) in [6.45, 7) is 1.95. The fourth-order valence-corrected chi connectivity index (χ4v) is 2.80. The highest BCUT2D eigenvalue weighted by atomic mass is 32.2. The molecule has 1 N–H and O–H groups in total. The minimum atomic E-state index is -0.233. The van der Waals surface area contributed by atoms with E-state index in [0.29, 0.717) is 6.42 Å². The minimum absolute atomic E-state index is 0.0629. The molecule has 0 saturated heterocycles. The lowest BCUT2D eigenvalue weighted by Gasteiger charge is -2.11. The van der Waals surface area contributed by atoms with Gasteiger partial charge < -0.3 is 9.84 Å². The van der Waals surface area contributed by atoms with Crippen LogP contribution in [0.1, 0.15) is 13.3 Å². The number of phenols is 1. The van der Waals surface area contributed by atoms with Crippen LogP contribution in [0, 0.1) is 0 Å². The molecule has 1 heterocycles. The molecule has 0 aliphatic carbocycles. The summed E-state index contributed by atoms with van der Waals surface area (Å²) in [4.78, 5) is 15.6. The highest BCUT2D eigenvalue weighted by Gasteiger charge is 2.13. The lowest BCUT2D eigenvalue weighted by Crippen LogP contribution is -2.08. The molecule has 1 aromatic heterocycles. The molecule has 4 nitrogen and oxygen atoms in total. The molecular formula is C14H15NO3S. The maximum atomic E-state index is 11.2. The molecule has 100 valence electrons. The number of carbonyl (C=O) groups is 1. The minimum Gasteiger partial charge on any atom is -0.508 e. The third kappa shape index (κ3) is 3.38. The molecule has 5 heteroatoms. The summed E-state index contributed by atoms with van der Waals surface area (Å²) in [6, 6.07) is 7.08. The first-order valence-electron chi connectivity index (χ1n) is 5.91. The number of aromatic hydroxyl groups is 1. The fraction of sp³-hybridized carbons (Fsp3) is 0.286. The molecule has 2 rings (SSSR count). The zero-order chi connectivity index (χ0) is 13.8. The smallest absolute Gasteiger partial charge is 0.306 e. The van der Waals surface area contributed by atoms with E-state index in [1.807, 2.05) is 19.1 Å². The van der Waals surface area contributed by atoms with E-state index in [-0.39, 0.29) is 17.0 Å². The number of benzene rings is 1. The second kappa shape index (κ2) is 5.93. The van der Waals surface area contributed by atoms with Gasteiger partial charge in [0, 0.05) is 16.8 Å². The lowest BCUT2D eigenvalue weighted by atomic mass is 10.2. The lowest BCUT2D eigenvalue weighted by molar-refractivity contribution is -0.140. The maximum absolute atomic E-state index is 11.2. The Morgan fingerprint density at radius 3 is 3.00 bits per heavy atom. The van der Waals surface area contributed by atoms with Gasteiger partial charge in [0.2, 0.25) is 0 Å². The number of esters is 1. The van der Waals surface area contributed by atoms with Crippen LogP contribution in [0.15, 0.2) is 35.5 Å². The number of phenolic OH excluding ortho intramolecular Hbond substituents is 1. The number of aromatic nitrogens is 1. The monoisotopic (exact) mass is 277 g/mol. The normalized spacial score (nSPS) is 12.3. The average Bonchev–Trinajstić information content (AvgIpc) is 2.39. The summed E-state index contributed by atoms with van der Waals surface area (Å²) in [6.07, 6.45) is 2.06. The van der Waals surface area contributed by atoms with Crippen LogP contribution in [0.4, 0.5) is 0 Å². The second-order valence-electron chi connectivity index (χ2n) is 4.23. The van der Waals surface area contributed by atoms with Crippen molar-refractivity contribution in [3.8, 4) is 5.75 Å². The van der Waals surface area contributed by atoms with E-state index in [0.717, 1.165) is 15.8 Å². The van der Waals surface area contributed by atoms with E-state index in [4.69, 9.17) is 0 Å². The number of rotatable bonds is 4. The summed E-state index contributed by atoms with van der Waals surface area (Å²) >= 11 is 1.50. The molecule has 19 heavy (non-hydrogen) atoms. The van der Waals surface area contributed by atoms with Crippen LogP contribution in [-0.4, -0.2) is 28.4 Å². The average molecular weight is 277 g/mol. The van der Waals surface area contributed by atoms with Gasteiger partial charge in [0.15, 0.2) is 0 Å². The Balaban J connectivity index is 2.25. The van der Waals surface area contributed by atoms with Crippen molar-refractivity contribution in [2.45, 2.75) is 23.6 Å². The van der Waals surface area contributed by atoms with Crippen molar-refractivity contribution in [1.29, 1.82) is 0 Å². The van der Waals surface area contributed by atoms with Crippen molar-refractivity contribution >= 4 is 28.5 Å². The molecule has 0 spiro atoms. The molecule has 2 aromatic rings. The van der Waals surface area contributed by atoms with Gasteiger partial charge >= 0.3 is 5.97 Å². The van der Waals surface area contributed by atoms with Crippen molar-refractivity contribution in [2.24, 2.45) is 0 Å². The van der Waals surface area contributed by atoms with Crippen LogP contribution in [0.3, 0.4) is 0 Å². The predicted molar refractivity (Wildman–Crippen MR) is 75.4 cm³/mol. The standard InChI is InChI=1S/C14H15NO3S/c1-9(7-13(17)18-2)19-14-12-8-11(16)4-3-10(12)5-6-15-14/h3-6,8-9,16H,7H2,1-2H3. The molecule has 0 fully saturated rings. The van der Waals surface area contributed by atoms with E-state index >= 15 is 0 Å². The van der Waals surface area contributed by atoms with Crippen LogP contribution in [0.5, 0.6) is 5.75 Å². The van der Waals surface area contributed by atoms with E-state index in [2.05, 4.69) is 9.72 Å². The Kier molecular flexibility index (Phi) is 4.27. The van der Waals surface area contributed by atoms with E-state index < -0.39 is 0 Å². The van der Waals surface area contributed by atoms with Crippen LogP contribution in [-0.2, 0) is 9.53 Å². The summed E-state index contributed by atoms with van der Waals surface area (Å²) in [5, 5.41) is 12.3. The van der Waals surface area contributed by atoms with Crippen molar-refractivity contribution in [1.82, 2.24) is 4.98 Å². The Morgan fingerprint density at radius 1 is 1.47 bits per heavy atom. The quantitative estimate of drug-likeness (QED) is 0.687. The van der Waals surface area contributed by atoms with Gasteiger partial charge in [0.1, 0.15) is 10.8 Å². The number of hydrogen-bond acceptors (Lipinski definition) is 5. The number of nitrogens with zero attached hydrogens (tertiary/aromatic N) is 1. The first kappa shape index (κ1) is 13.7. The number of pyridine rings is 1. The largest absolute Gasteiger partial charge is 0.508 e. The Bertz CT molecular complexity index is 600. The SMILES string of the molecule is COC(=O)CC(C)Sc1nccc2ccc(O)cc12. The summed E-state index contributed by atoms with van der Waals surface area (Å²) in [7, 11) is 1.38. The van der Waals surface area contributed by atoms with E-state index in [1.165, 1.54) is 18.9 Å². The third-order valence-electron chi connectivity index (χ3n) is 2.71. The first-order valence-corrected chi connectivity index (χ1v) is 6.79. The topological polar surface area (TPSA) is 59.4 Å². The highest BCUT2D eigenvalue weighted by Crippen LogP contribution is 2.31. The van der Waals surface area contributed by atoms with Gasteiger partial charge in [-0.25, -0.2) is 4.98 Å². The Morgan fingerprint density at radius 2 is 2.26 bits per heavy atom. The molecule has 0 aliphatic rings. The molecule has 0 amide bonds. The second-order valence-corrected chi connectivity index (χ2v) is 5.66. The Hall–Kier alpha value is -1.75. The number of carbonyl (C=O) groups excluding carboxylic acids is 1.